The van der Waals surface area contributed by atoms with Gasteiger partial charge in [-0.25, -0.2) is 0 Å². The van der Waals surface area contributed by atoms with Crippen molar-refractivity contribution in [1.82, 2.24) is 10.2 Å². The fraction of sp³-hybridized carbons (Fsp3) is 0.500. The molecule has 0 saturated carbocycles. The molecule has 1 heterocycles. The lowest BCUT2D eigenvalue weighted by atomic mass is 10.3. The van der Waals surface area contributed by atoms with Crippen LogP contribution in [-0.4, -0.2) is 30.9 Å². The molecule has 0 spiro atoms. The summed E-state index contributed by atoms with van der Waals surface area (Å²) < 4.78 is 4.91. The molecule has 0 fully saturated rings. The maximum absolute atomic E-state index is 11.3. The summed E-state index contributed by atoms with van der Waals surface area (Å²) in [6.45, 7) is 3.73. The van der Waals surface area contributed by atoms with Gasteiger partial charge in [-0.2, -0.15) is 0 Å². The van der Waals surface area contributed by atoms with E-state index in [0.29, 0.717) is 13.1 Å². The van der Waals surface area contributed by atoms with Gasteiger partial charge >= 0.3 is 0 Å². The van der Waals surface area contributed by atoms with Gasteiger partial charge in [0.2, 0.25) is 5.91 Å². The quantitative estimate of drug-likeness (QED) is 0.759. The van der Waals surface area contributed by atoms with E-state index in [1.165, 1.54) is 0 Å². The highest BCUT2D eigenvalue weighted by atomic mass is 16.3. The molecule has 14 heavy (non-hydrogen) atoms. The summed E-state index contributed by atoms with van der Waals surface area (Å²) in [5.74, 6) is 0.107. The highest BCUT2D eigenvalue weighted by Crippen LogP contribution is 1.98. The van der Waals surface area contributed by atoms with Gasteiger partial charge in [0.15, 0.2) is 0 Å². The van der Waals surface area contributed by atoms with E-state index >= 15 is 0 Å². The van der Waals surface area contributed by atoms with Crippen molar-refractivity contribution in [1.29, 1.82) is 0 Å². The van der Waals surface area contributed by atoms with Crippen molar-refractivity contribution >= 4 is 5.91 Å². The number of amides is 1. The van der Waals surface area contributed by atoms with Crippen LogP contribution in [0, 0.1) is 0 Å². The van der Waals surface area contributed by atoms with Crippen molar-refractivity contribution in [3.8, 4) is 0 Å². The maximum Gasteiger partial charge on any atom is 0.236 e. The number of rotatable bonds is 5. The first kappa shape index (κ1) is 10.8. The predicted octanol–water partition coefficient (Wildman–Crippen LogP) is 0.847. The van der Waals surface area contributed by atoms with Crippen LogP contribution in [0.15, 0.2) is 23.0 Å². The van der Waals surface area contributed by atoms with E-state index in [4.69, 9.17) is 4.42 Å². The molecule has 1 aromatic heterocycles. The van der Waals surface area contributed by atoms with Gasteiger partial charge in [0.1, 0.15) is 0 Å². The molecule has 1 aromatic rings. The van der Waals surface area contributed by atoms with Crippen molar-refractivity contribution in [2.24, 2.45) is 0 Å². The third-order valence-corrected chi connectivity index (χ3v) is 2.09. The summed E-state index contributed by atoms with van der Waals surface area (Å²) in [4.78, 5) is 13.0. The van der Waals surface area contributed by atoms with Gasteiger partial charge in [-0.1, -0.05) is 0 Å². The van der Waals surface area contributed by atoms with Crippen molar-refractivity contribution in [3.05, 3.63) is 24.2 Å². The number of hydrogen-bond acceptors (Lipinski definition) is 3. The maximum atomic E-state index is 11.3. The average Bonchev–Trinajstić information content (AvgIpc) is 2.69. The molecule has 0 saturated heterocycles. The van der Waals surface area contributed by atoms with E-state index in [-0.39, 0.29) is 5.91 Å². The van der Waals surface area contributed by atoms with Crippen LogP contribution in [0.5, 0.6) is 0 Å². The monoisotopic (exact) mass is 196 g/mol. The molecule has 0 aromatic carbocycles. The van der Waals surface area contributed by atoms with Gasteiger partial charge in [-0.05, 0) is 13.0 Å². The summed E-state index contributed by atoms with van der Waals surface area (Å²) in [6.07, 6.45) is 3.29. The molecule has 0 unspecified atom stereocenters. The molecule has 0 radical (unpaired) electrons. The van der Waals surface area contributed by atoms with E-state index in [2.05, 4.69) is 5.32 Å². The van der Waals surface area contributed by atoms with E-state index in [9.17, 15) is 4.79 Å². The molecule has 0 aliphatic heterocycles. The second kappa shape index (κ2) is 5.44. The Labute approximate surface area is 83.9 Å². The van der Waals surface area contributed by atoms with Crippen LogP contribution in [0.25, 0.3) is 0 Å². The first-order valence-corrected chi connectivity index (χ1v) is 4.69. The van der Waals surface area contributed by atoms with Crippen LogP contribution in [0.3, 0.4) is 0 Å². The van der Waals surface area contributed by atoms with Crippen LogP contribution in [0.2, 0.25) is 0 Å². The van der Waals surface area contributed by atoms with Crippen LogP contribution < -0.4 is 5.32 Å². The highest BCUT2D eigenvalue weighted by Gasteiger charge is 2.05. The zero-order valence-electron chi connectivity index (χ0n) is 8.62. The van der Waals surface area contributed by atoms with E-state index < -0.39 is 0 Å². The molecule has 0 aliphatic rings. The number of carbonyl (C=O) groups is 1. The number of hydrogen-bond donors (Lipinski definition) is 1. The van der Waals surface area contributed by atoms with Crippen LogP contribution in [0.1, 0.15) is 12.5 Å². The average molecular weight is 196 g/mol. The standard InChI is InChI=1S/C10H16N2O2/c1-3-12(2)10(13)7-11-6-9-4-5-14-8-9/h4-5,8,11H,3,6-7H2,1-2H3. The van der Waals surface area contributed by atoms with Crippen molar-refractivity contribution in [3.63, 3.8) is 0 Å². The number of nitrogens with one attached hydrogen (secondary N) is 1. The molecule has 0 atom stereocenters. The summed E-state index contributed by atoms with van der Waals surface area (Å²) >= 11 is 0. The molecule has 1 N–H and O–H groups in total. The summed E-state index contributed by atoms with van der Waals surface area (Å²) in [7, 11) is 1.79. The number of likely N-dealkylation sites (N-methyl/N-ethyl adjacent to an activating group) is 1. The van der Waals surface area contributed by atoms with Gasteiger partial charge in [0.05, 0.1) is 19.1 Å². The van der Waals surface area contributed by atoms with Crippen LogP contribution in [0.4, 0.5) is 0 Å². The second-order valence-electron chi connectivity index (χ2n) is 3.14. The largest absolute Gasteiger partial charge is 0.472 e. The van der Waals surface area contributed by atoms with Gasteiger partial charge in [-0.15, -0.1) is 0 Å². The van der Waals surface area contributed by atoms with Gasteiger partial charge in [0.25, 0.3) is 0 Å². The topological polar surface area (TPSA) is 45.5 Å². The number of carbonyl (C=O) groups excluding carboxylic acids is 1. The number of furan rings is 1. The summed E-state index contributed by atoms with van der Waals surface area (Å²) in [6, 6.07) is 1.88. The zero-order chi connectivity index (χ0) is 10.4. The third kappa shape index (κ3) is 3.22. The molecule has 78 valence electrons. The minimum absolute atomic E-state index is 0.107. The molecule has 1 rings (SSSR count). The molecule has 4 nitrogen and oxygen atoms in total. The van der Waals surface area contributed by atoms with E-state index in [1.807, 2.05) is 13.0 Å². The lowest BCUT2D eigenvalue weighted by molar-refractivity contribution is -0.128. The van der Waals surface area contributed by atoms with E-state index in [0.717, 1.165) is 12.1 Å². The first-order chi connectivity index (χ1) is 6.74. The highest BCUT2D eigenvalue weighted by molar-refractivity contribution is 5.77. The molecular weight excluding hydrogens is 180 g/mol. The lowest BCUT2D eigenvalue weighted by Crippen LogP contribution is -2.35. The summed E-state index contributed by atoms with van der Waals surface area (Å²) in [5.41, 5.74) is 1.05. The second-order valence-corrected chi connectivity index (χ2v) is 3.14. The Balaban J connectivity index is 2.18. The molecule has 0 aliphatic carbocycles. The van der Waals surface area contributed by atoms with E-state index in [1.54, 1.807) is 24.5 Å². The van der Waals surface area contributed by atoms with Crippen molar-refractivity contribution in [2.45, 2.75) is 13.5 Å². The van der Waals surface area contributed by atoms with Crippen LogP contribution in [-0.2, 0) is 11.3 Å². The zero-order valence-corrected chi connectivity index (χ0v) is 8.62. The normalized spacial score (nSPS) is 10.1. The molecular formula is C10H16N2O2. The SMILES string of the molecule is CCN(C)C(=O)CNCc1ccoc1. The first-order valence-electron chi connectivity index (χ1n) is 4.69. The number of nitrogens with zero attached hydrogens (tertiary/aromatic N) is 1. The summed E-state index contributed by atoms with van der Waals surface area (Å²) in [5, 5.41) is 3.05. The fourth-order valence-electron chi connectivity index (χ4n) is 1.02. The van der Waals surface area contributed by atoms with Gasteiger partial charge in [-0.3, -0.25) is 4.79 Å². The lowest BCUT2D eigenvalue weighted by Gasteiger charge is -2.14. The van der Waals surface area contributed by atoms with Crippen LogP contribution >= 0.6 is 0 Å². The predicted molar refractivity (Wildman–Crippen MR) is 53.7 cm³/mol. The minimum Gasteiger partial charge on any atom is -0.472 e. The Hall–Kier alpha value is -1.29. The van der Waals surface area contributed by atoms with Gasteiger partial charge in [0, 0.05) is 25.7 Å². The van der Waals surface area contributed by atoms with Gasteiger partial charge < -0.3 is 14.6 Å². The molecule has 0 bridgehead atoms. The minimum atomic E-state index is 0.107. The Bertz CT molecular complexity index is 270. The Kier molecular flexibility index (Phi) is 4.19. The van der Waals surface area contributed by atoms with Crippen molar-refractivity contribution < 1.29 is 9.21 Å². The van der Waals surface area contributed by atoms with Crippen molar-refractivity contribution in [2.75, 3.05) is 20.1 Å². The fourth-order valence-corrected chi connectivity index (χ4v) is 1.02. The Morgan fingerprint density at radius 2 is 2.43 bits per heavy atom. The Morgan fingerprint density at radius 3 is 3.00 bits per heavy atom. The molecule has 1 amide bonds. The Morgan fingerprint density at radius 1 is 1.64 bits per heavy atom. The smallest absolute Gasteiger partial charge is 0.236 e. The molecule has 4 heteroatoms. The third-order valence-electron chi connectivity index (χ3n) is 2.09.